The molecule has 1 unspecified atom stereocenters. The molecule has 168 valence electrons. The second-order valence-corrected chi connectivity index (χ2v) is 10.2. The summed E-state index contributed by atoms with van der Waals surface area (Å²) in [6, 6.07) is 15.6. The van der Waals surface area contributed by atoms with Gasteiger partial charge < -0.3 is 10.2 Å². The number of carbonyl (C=O) groups excluding carboxylic acids is 2. The predicted molar refractivity (Wildman–Crippen MR) is 131 cm³/mol. The Hall–Kier alpha value is -3.08. The largest absolute Gasteiger partial charge is 0.378 e. The zero-order valence-electron chi connectivity index (χ0n) is 19.9. The number of anilines is 3. The van der Waals surface area contributed by atoms with Crippen molar-refractivity contribution in [3.63, 3.8) is 0 Å². The fraction of sp³-hybridized carbons (Fsp3) is 0.407. The Morgan fingerprint density at radius 3 is 2.34 bits per heavy atom. The molecule has 1 atom stereocenters. The van der Waals surface area contributed by atoms with Crippen LogP contribution in [0.5, 0.6) is 0 Å². The van der Waals surface area contributed by atoms with Crippen LogP contribution >= 0.6 is 0 Å². The van der Waals surface area contributed by atoms with E-state index in [0.29, 0.717) is 12.0 Å². The third-order valence-corrected chi connectivity index (χ3v) is 6.36. The number of rotatable bonds is 3. The maximum absolute atomic E-state index is 13.6. The van der Waals surface area contributed by atoms with Gasteiger partial charge in [0.1, 0.15) is 0 Å². The maximum atomic E-state index is 13.6. The SMILES string of the molecule is CC(C)C(=O)N1c2ccccc2NC2=C(C(=O)CC(C)(C)C2)C1c1ccc(N(C)C)cc1. The summed E-state index contributed by atoms with van der Waals surface area (Å²) in [6.45, 7) is 8.09. The molecule has 32 heavy (non-hydrogen) atoms. The number of Topliss-reactive ketones (excluding diaryl/α,β-unsaturated/α-hetero) is 1. The summed E-state index contributed by atoms with van der Waals surface area (Å²) in [6.07, 6.45) is 1.23. The molecule has 5 heteroatoms. The molecule has 0 saturated heterocycles. The van der Waals surface area contributed by atoms with E-state index in [1.165, 1.54) is 0 Å². The van der Waals surface area contributed by atoms with Crippen LogP contribution in [0, 0.1) is 11.3 Å². The maximum Gasteiger partial charge on any atom is 0.230 e. The quantitative estimate of drug-likeness (QED) is 0.692. The Labute approximate surface area is 191 Å². The van der Waals surface area contributed by atoms with Crippen molar-refractivity contribution in [3.8, 4) is 0 Å². The number of benzene rings is 2. The molecule has 1 N–H and O–H groups in total. The zero-order valence-corrected chi connectivity index (χ0v) is 19.9. The lowest BCUT2D eigenvalue weighted by atomic mass is 9.73. The molecule has 0 saturated carbocycles. The van der Waals surface area contributed by atoms with Gasteiger partial charge in [-0.25, -0.2) is 0 Å². The van der Waals surface area contributed by atoms with Gasteiger partial charge in [0.2, 0.25) is 5.91 Å². The van der Waals surface area contributed by atoms with E-state index in [1.54, 1.807) is 0 Å². The standard InChI is InChI=1S/C27H33N3O2/c1-17(2)26(32)30-22-10-8-7-9-20(22)28-21-15-27(3,4)16-23(31)24(21)25(30)18-11-13-19(14-12-18)29(5)6/h7-14,17,25,28H,15-16H2,1-6H3. The van der Waals surface area contributed by atoms with Gasteiger partial charge in [-0.3, -0.25) is 14.5 Å². The number of ketones is 1. The minimum atomic E-state index is -0.462. The highest BCUT2D eigenvalue weighted by Crippen LogP contribution is 2.48. The molecular weight excluding hydrogens is 398 g/mol. The lowest BCUT2D eigenvalue weighted by molar-refractivity contribution is -0.122. The third-order valence-electron chi connectivity index (χ3n) is 6.36. The number of hydrogen-bond acceptors (Lipinski definition) is 4. The zero-order chi connectivity index (χ0) is 23.2. The Balaban J connectivity index is 1.99. The van der Waals surface area contributed by atoms with E-state index in [-0.39, 0.29) is 23.0 Å². The van der Waals surface area contributed by atoms with Gasteiger partial charge in [-0.2, -0.15) is 0 Å². The first kappa shape index (κ1) is 22.1. The average Bonchev–Trinajstić information content (AvgIpc) is 2.86. The summed E-state index contributed by atoms with van der Waals surface area (Å²) < 4.78 is 0. The Morgan fingerprint density at radius 2 is 1.72 bits per heavy atom. The van der Waals surface area contributed by atoms with E-state index in [2.05, 4.69) is 31.3 Å². The highest BCUT2D eigenvalue weighted by atomic mass is 16.2. The van der Waals surface area contributed by atoms with Crippen LogP contribution in [0.25, 0.3) is 0 Å². The number of nitrogens with zero attached hydrogens (tertiary/aromatic N) is 2. The summed E-state index contributed by atoms with van der Waals surface area (Å²) in [5.74, 6) is -0.0870. The number of nitrogens with one attached hydrogen (secondary N) is 1. The van der Waals surface area contributed by atoms with Crippen LogP contribution in [0.15, 0.2) is 59.8 Å². The molecule has 2 aromatic rings. The van der Waals surface area contributed by atoms with Crippen LogP contribution in [-0.4, -0.2) is 25.8 Å². The van der Waals surface area contributed by atoms with Gasteiger partial charge in [-0.05, 0) is 41.7 Å². The van der Waals surface area contributed by atoms with Crippen LogP contribution in [0.2, 0.25) is 0 Å². The Bertz CT molecular complexity index is 1080. The first-order valence-corrected chi connectivity index (χ1v) is 11.3. The van der Waals surface area contributed by atoms with E-state index < -0.39 is 6.04 Å². The molecule has 1 aliphatic carbocycles. The van der Waals surface area contributed by atoms with Crippen molar-refractivity contribution in [1.82, 2.24) is 0 Å². The minimum Gasteiger partial charge on any atom is -0.378 e. The van der Waals surface area contributed by atoms with E-state index in [4.69, 9.17) is 0 Å². The van der Waals surface area contributed by atoms with Gasteiger partial charge in [0.25, 0.3) is 0 Å². The second kappa shape index (κ2) is 8.12. The highest BCUT2D eigenvalue weighted by Gasteiger charge is 2.43. The molecule has 1 aliphatic heterocycles. The Kier molecular flexibility index (Phi) is 5.61. The minimum absolute atomic E-state index is 0.00678. The molecular formula is C27H33N3O2. The number of allylic oxidation sites excluding steroid dienone is 1. The lowest BCUT2D eigenvalue weighted by Crippen LogP contribution is -2.41. The molecule has 5 nitrogen and oxygen atoms in total. The molecule has 0 bridgehead atoms. The van der Waals surface area contributed by atoms with E-state index in [1.807, 2.05) is 74.1 Å². The van der Waals surface area contributed by atoms with Crippen molar-refractivity contribution in [2.45, 2.75) is 46.6 Å². The van der Waals surface area contributed by atoms with Crippen LogP contribution < -0.4 is 15.1 Å². The number of fused-ring (bicyclic) bond motifs is 1. The van der Waals surface area contributed by atoms with Crippen molar-refractivity contribution >= 4 is 28.8 Å². The summed E-state index contributed by atoms with van der Waals surface area (Å²) in [5, 5.41) is 3.56. The van der Waals surface area contributed by atoms with Crippen LogP contribution in [0.1, 0.15) is 52.1 Å². The topological polar surface area (TPSA) is 52.7 Å². The van der Waals surface area contributed by atoms with Gasteiger partial charge in [0, 0.05) is 43.4 Å². The third kappa shape index (κ3) is 3.92. The van der Waals surface area contributed by atoms with E-state index in [0.717, 1.165) is 34.7 Å². The molecule has 0 fully saturated rings. The van der Waals surface area contributed by atoms with Crippen molar-refractivity contribution < 1.29 is 9.59 Å². The summed E-state index contributed by atoms with van der Waals surface area (Å²) in [5.41, 5.74) is 5.22. The van der Waals surface area contributed by atoms with Crippen molar-refractivity contribution in [2.24, 2.45) is 11.3 Å². The molecule has 2 aliphatic rings. The molecule has 2 aromatic carbocycles. The summed E-state index contributed by atoms with van der Waals surface area (Å²) in [7, 11) is 4.01. The van der Waals surface area contributed by atoms with Gasteiger partial charge in [-0.1, -0.05) is 52.0 Å². The number of amides is 1. The predicted octanol–water partition coefficient (Wildman–Crippen LogP) is 5.55. The van der Waals surface area contributed by atoms with Gasteiger partial charge >= 0.3 is 0 Å². The van der Waals surface area contributed by atoms with Crippen LogP contribution in [-0.2, 0) is 9.59 Å². The Morgan fingerprint density at radius 1 is 1.06 bits per heavy atom. The number of para-hydroxylation sites is 2. The molecule has 0 aromatic heterocycles. The first-order chi connectivity index (χ1) is 15.1. The van der Waals surface area contributed by atoms with Gasteiger partial charge in [0.05, 0.1) is 17.4 Å². The van der Waals surface area contributed by atoms with Gasteiger partial charge in [0.15, 0.2) is 5.78 Å². The van der Waals surface area contributed by atoms with Crippen LogP contribution in [0.3, 0.4) is 0 Å². The van der Waals surface area contributed by atoms with Crippen molar-refractivity contribution in [1.29, 1.82) is 0 Å². The molecule has 0 spiro atoms. The summed E-state index contributed by atoms with van der Waals surface area (Å²) in [4.78, 5) is 31.1. The van der Waals surface area contributed by atoms with Crippen molar-refractivity contribution in [2.75, 3.05) is 29.2 Å². The van der Waals surface area contributed by atoms with Crippen molar-refractivity contribution in [3.05, 3.63) is 65.4 Å². The molecule has 1 heterocycles. The lowest BCUT2D eigenvalue weighted by Gasteiger charge is -2.37. The highest BCUT2D eigenvalue weighted by molar-refractivity contribution is 6.06. The fourth-order valence-corrected chi connectivity index (χ4v) is 4.78. The van der Waals surface area contributed by atoms with Crippen LogP contribution in [0.4, 0.5) is 17.1 Å². The monoisotopic (exact) mass is 431 g/mol. The van der Waals surface area contributed by atoms with E-state index in [9.17, 15) is 9.59 Å². The van der Waals surface area contributed by atoms with E-state index >= 15 is 0 Å². The van der Waals surface area contributed by atoms with Gasteiger partial charge in [-0.15, -0.1) is 0 Å². The summed E-state index contributed by atoms with van der Waals surface area (Å²) >= 11 is 0. The average molecular weight is 432 g/mol. The molecule has 1 amide bonds. The second-order valence-electron chi connectivity index (χ2n) is 10.2. The number of carbonyl (C=O) groups is 2. The normalized spacial score (nSPS) is 19.8. The fourth-order valence-electron chi connectivity index (χ4n) is 4.78. The smallest absolute Gasteiger partial charge is 0.230 e. The molecule has 0 radical (unpaired) electrons. The molecule has 4 rings (SSSR count). The first-order valence-electron chi connectivity index (χ1n) is 11.3. The number of hydrogen-bond donors (Lipinski definition) is 1.